The molecule has 3 rings (SSSR count). The van der Waals surface area contributed by atoms with E-state index in [0.29, 0.717) is 17.5 Å². The van der Waals surface area contributed by atoms with Crippen LogP contribution in [-0.2, 0) is 7.05 Å². The average molecular weight is 407 g/mol. The highest BCUT2D eigenvalue weighted by molar-refractivity contribution is 9.10. The van der Waals surface area contributed by atoms with Gasteiger partial charge in [0.05, 0.1) is 16.9 Å². The molecule has 0 bridgehead atoms. The molecule has 0 radical (unpaired) electrons. The molecule has 0 spiro atoms. The van der Waals surface area contributed by atoms with Crippen LogP contribution in [0.25, 0.3) is 10.9 Å². The van der Waals surface area contributed by atoms with Crippen molar-refractivity contribution in [2.24, 2.45) is 7.05 Å². The Kier molecular flexibility index (Phi) is 5.61. The fraction of sp³-hybridized carbons (Fsp3) is 0.579. The van der Waals surface area contributed by atoms with E-state index in [0.717, 1.165) is 41.7 Å². The third-order valence-electron chi connectivity index (χ3n) is 4.96. The molecule has 0 aliphatic carbocycles. The molecule has 2 aromatic rings. The lowest BCUT2D eigenvalue weighted by Gasteiger charge is -2.41. The molecule has 1 aliphatic heterocycles. The van der Waals surface area contributed by atoms with E-state index >= 15 is 0 Å². The SMILES string of the molecule is CCCC(c1nc2ccc(Br)cc2c(=O)n1C)N1C[C@@H](C)N[C@@H](C)C1. The van der Waals surface area contributed by atoms with Crippen molar-refractivity contribution in [2.45, 2.75) is 51.7 Å². The first-order chi connectivity index (χ1) is 11.9. The van der Waals surface area contributed by atoms with Gasteiger partial charge in [0.15, 0.2) is 0 Å². The molecule has 1 fully saturated rings. The fourth-order valence-corrected chi connectivity index (χ4v) is 4.29. The van der Waals surface area contributed by atoms with Gasteiger partial charge in [-0.25, -0.2) is 4.98 Å². The molecule has 136 valence electrons. The smallest absolute Gasteiger partial charge is 0.261 e. The van der Waals surface area contributed by atoms with Crippen LogP contribution < -0.4 is 10.9 Å². The maximum absolute atomic E-state index is 12.9. The summed E-state index contributed by atoms with van der Waals surface area (Å²) in [6, 6.07) is 6.78. The second-order valence-electron chi connectivity index (χ2n) is 7.22. The zero-order valence-corrected chi connectivity index (χ0v) is 17.0. The van der Waals surface area contributed by atoms with Crippen molar-refractivity contribution < 1.29 is 0 Å². The molecule has 25 heavy (non-hydrogen) atoms. The molecule has 1 aromatic heterocycles. The van der Waals surface area contributed by atoms with Gasteiger partial charge in [-0.15, -0.1) is 0 Å². The monoisotopic (exact) mass is 406 g/mol. The number of nitrogens with one attached hydrogen (secondary N) is 1. The molecule has 5 nitrogen and oxygen atoms in total. The Balaban J connectivity index is 2.08. The number of hydrogen-bond donors (Lipinski definition) is 1. The maximum Gasteiger partial charge on any atom is 0.261 e. The number of hydrogen-bond acceptors (Lipinski definition) is 4. The quantitative estimate of drug-likeness (QED) is 0.846. The van der Waals surface area contributed by atoms with Gasteiger partial charge in [0.25, 0.3) is 5.56 Å². The molecular weight excluding hydrogens is 380 g/mol. The normalized spacial score (nSPS) is 23.1. The van der Waals surface area contributed by atoms with Crippen LogP contribution in [0.4, 0.5) is 0 Å². The Labute approximate surface area is 157 Å². The van der Waals surface area contributed by atoms with Crippen LogP contribution >= 0.6 is 15.9 Å². The van der Waals surface area contributed by atoms with E-state index in [1.54, 1.807) is 4.57 Å². The Hall–Kier alpha value is -1.24. The van der Waals surface area contributed by atoms with Gasteiger partial charge < -0.3 is 5.32 Å². The number of rotatable bonds is 4. The summed E-state index contributed by atoms with van der Waals surface area (Å²) >= 11 is 3.45. The summed E-state index contributed by atoms with van der Waals surface area (Å²) in [6.45, 7) is 8.58. The molecule has 1 N–H and O–H groups in total. The average Bonchev–Trinajstić information content (AvgIpc) is 2.56. The minimum atomic E-state index is 0.0265. The first kappa shape index (κ1) is 18.5. The summed E-state index contributed by atoms with van der Waals surface area (Å²) < 4.78 is 2.65. The molecule has 2 heterocycles. The van der Waals surface area contributed by atoms with Crippen molar-refractivity contribution in [1.82, 2.24) is 19.8 Å². The van der Waals surface area contributed by atoms with Crippen LogP contribution in [0, 0.1) is 0 Å². The summed E-state index contributed by atoms with van der Waals surface area (Å²) in [4.78, 5) is 20.3. The van der Waals surface area contributed by atoms with Crippen LogP contribution in [-0.4, -0.2) is 39.6 Å². The van der Waals surface area contributed by atoms with Crippen molar-refractivity contribution in [1.29, 1.82) is 0 Å². The van der Waals surface area contributed by atoms with Gasteiger partial charge in [0.2, 0.25) is 0 Å². The summed E-state index contributed by atoms with van der Waals surface area (Å²) in [7, 11) is 1.85. The molecule has 1 unspecified atom stereocenters. The Morgan fingerprint density at radius 2 is 2.00 bits per heavy atom. The minimum Gasteiger partial charge on any atom is -0.309 e. The fourth-order valence-electron chi connectivity index (χ4n) is 3.93. The third kappa shape index (κ3) is 3.81. The van der Waals surface area contributed by atoms with Gasteiger partial charge in [0, 0.05) is 36.7 Å². The number of benzene rings is 1. The molecule has 1 saturated heterocycles. The van der Waals surface area contributed by atoms with Crippen LogP contribution in [0.3, 0.4) is 0 Å². The van der Waals surface area contributed by atoms with E-state index in [2.05, 4.69) is 46.9 Å². The van der Waals surface area contributed by atoms with Gasteiger partial charge >= 0.3 is 0 Å². The second-order valence-corrected chi connectivity index (χ2v) is 8.14. The maximum atomic E-state index is 12.9. The topological polar surface area (TPSA) is 50.2 Å². The van der Waals surface area contributed by atoms with Crippen molar-refractivity contribution in [3.63, 3.8) is 0 Å². The molecule has 1 aromatic carbocycles. The van der Waals surface area contributed by atoms with Crippen molar-refractivity contribution in [3.05, 3.63) is 38.9 Å². The lowest BCUT2D eigenvalue weighted by Crippen LogP contribution is -2.55. The number of aromatic nitrogens is 2. The van der Waals surface area contributed by atoms with E-state index in [4.69, 9.17) is 4.98 Å². The second kappa shape index (κ2) is 7.56. The zero-order chi connectivity index (χ0) is 18.1. The van der Waals surface area contributed by atoms with Gasteiger partial charge in [-0.1, -0.05) is 29.3 Å². The molecule has 3 atom stereocenters. The summed E-state index contributed by atoms with van der Waals surface area (Å²) in [5, 5.41) is 4.25. The van der Waals surface area contributed by atoms with Crippen LogP contribution in [0.5, 0.6) is 0 Å². The van der Waals surface area contributed by atoms with Crippen molar-refractivity contribution in [2.75, 3.05) is 13.1 Å². The van der Waals surface area contributed by atoms with E-state index in [1.165, 1.54) is 0 Å². The van der Waals surface area contributed by atoms with Crippen LogP contribution in [0.15, 0.2) is 27.5 Å². The number of fused-ring (bicyclic) bond motifs is 1. The van der Waals surface area contributed by atoms with Crippen LogP contribution in [0.2, 0.25) is 0 Å². The number of piperazine rings is 1. The first-order valence-corrected chi connectivity index (χ1v) is 9.86. The first-order valence-electron chi connectivity index (χ1n) is 9.07. The summed E-state index contributed by atoms with van der Waals surface area (Å²) in [5.74, 6) is 0.878. The molecular formula is C19H27BrN4O. The third-order valence-corrected chi connectivity index (χ3v) is 5.45. The van der Waals surface area contributed by atoms with E-state index < -0.39 is 0 Å². The van der Waals surface area contributed by atoms with Gasteiger partial charge in [0.1, 0.15) is 5.82 Å². The highest BCUT2D eigenvalue weighted by Gasteiger charge is 2.30. The summed E-state index contributed by atoms with van der Waals surface area (Å²) in [6.07, 6.45) is 2.06. The molecule has 6 heteroatoms. The predicted molar refractivity (Wildman–Crippen MR) is 106 cm³/mol. The number of nitrogens with zero attached hydrogens (tertiary/aromatic N) is 3. The van der Waals surface area contributed by atoms with Gasteiger partial charge in [-0.3, -0.25) is 14.3 Å². The van der Waals surface area contributed by atoms with Crippen molar-refractivity contribution >= 4 is 26.8 Å². The molecule has 0 saturated carbocycles. The van der Waals surface area contributed by atoms with E-state index in [1.807, 2.05) is 25.2 Å². The lowest BCUT2D eigenvalue weighted by molar-refractivity contribution is 0.109. The Morgan fingerprint density at radius 3 is 2.64 bits per heavy atom. The largest absolute Gasteiger partial charge is 0.309 e. The Morgan fingerprint density at radius 1 is 1.32 bits per heavy atom. The highest BCUT2D eigenvalue weighted by Crippen LogP contribution is 2.27. The Bertz CT molecular complexity index is 809. The highest BCUT2D eigenvalue weighted by atomic mass is 79.9. The van der Waals surface area contributed by atoms with Gasteiger partial charge in [-0.2, -0.15) is 0 Å². The number of halogens is 1. The minimum absolute atomic E-state index is 0.0265. The van der Waals surface area contributed by atoms with Gasteiger partial charge in [-0.05, 0) is 38.5 Å². The summed E-state index contributed by atoms with van der Waals surface area (Å²) in [5.41, 5.74) is 0.803. The molecule has 1 aliphatic rings. The zero-order valence-electron chi connectivity index (χ0n) is 15.4. The predicted octanol–water partition coefficient (Wildman–Crippen LogP) is 3.22. The van der Waals surface area contributed by atoms with E-state index in [-0.39, 0.29) is 11.6 Å². The van der Waals surface area contributed by atoms with Crippen molar-refractivity contribution in [3.8, 4) is 0 Å². The standard InChI is InChI=1S/C19H27BrN4O/c1-5-6-17(24-10-12(2)21-13(3)11-24)18-22-16-8-7-14(20)9-15(16)19(25)23(18)4/h7-9,12-13,17,21H,5-6,10-11H2,1-4H3/t12-,13+,17?. The lowest BCUT2D eigenvalue weighted by atomic mass is 10.0. The molecule has 0 amide bonds. The van der Waals surface area contributed by atoms with Crippen LogP contribution in [0.1, 0.15) is 45.5 Å². The van der Waals surface area contributed by atoms with E-state index in [9.17, 15) is 4.79 Å².